The van der Waals surface area contributed by atoms with E-state index in [2.05, 4.69) is 5.10 Å². The molecule has 156 valence electrons. The molecule has 0 aliphatic carbocycles. The lowest BCUT2D eigenvalue weighted by Gasteiger charge is -2.24. The summed E-state index contributed by atoms with van der Waals surface area (Å²) < 4.78 is 10.5. The van der Waals surface area contributed by atoms with Crippen molar-refractivity contribution in [2.45, 2.75) is 19.4 Å². The van der Waals surface area contributed by atoms with Crippen molar-refractivity contribution >= 4 is 23.0 Å². The maximum Gasteiger partial charge on any atom is 0.281 e. The van der Waals surface area contributed by atoms with Crippen LogP contribution in [0.15, 0.2) is 41.5 Å². The zero-order chi connectivity index (χ0) is 21.8. The van der Waals surface area contributed by atoms with Gasteiger partial charge in [0, 0.05) is 24.5 Å². The van der Waals surface area contributed by atoms with Crippen molar-refractivity contribution in [2.75, 3.05) is 14.2 Å². The number of benzene rings is 2. The molecule has 0 saturated heterocycles. The molecule has 30 heavy (non-hydrogen) atoms. The first-order valence-electron chi connectivity index (χ1n) is 8.86. The van der Waals surface area contributed by atoms with Crippen molar-refractivity contribution in [3.8, 4) is 11.5 Å². The molecule has 1 aliphatic heterocycles. The van der Waals surface area contributed by atoms with E-state index in [9.17, 15) is 25.0 Å². The highest BCUT2D eigenvalue weighted by atomic mass is 16.6. The average molecular weight is 414 g/mol. The van der Waals surface area contributed by atoms with Gasteiger partial charge in [-0.15, -0.1) is 0 Å². The minimum Gasteiger partial charge on any atom is -0.493 e. The zero-order valence-corrected chi connectivity index (χ0v) is 16.2. The van der Waals surface area contributed by atoms with Crippen LogP contribution >= 0.6 is 0 Å². The number of carbonyl (C=O) groups excluding carboxylic acids is 1. The lowest BCUT2D eigenvalue weighted by atomic mass is 10.0. The maximum absolute atomic E-state index is 12.4. The molecule has 0 spiro atoms. The van der Waals surface area contributed by atoms with Gasteiger partial charge >= 0.3 is 0 Å². The minimum atomic E-state index is -0.713. The molecule has 0 aromatic heterocycles. The number of nitro benzene ring substituents is 2. The summed E-state index contributed by atoms with van der Waals surface area (Å²) in [4.78, 5) is 33.2. The highest BCUT2D eigenvalue weighted by molar-refractivity contribution is 6.04. The maximum atomic E-state index is 12.4. The number of ether oxygens (including phenoxy) is 2. The Bertz CT molecular complexity index is 1050. The zero-order valence-electron chi connectivity index (χ0n) is 16.2. The molecular weight excluding hydrogens is 396 g/mol. The smallest absolute Gasteiger partial charge is 0.281 e. The molecule has 0 N–H and O–H groups in total. The third-order valence-electron chi connectivity index (χ3n) is 4.62. The Kier molecular flexibility index (Phi) is 5.90. The third-order valence-corrected chi connectivity index (χ3v) is 4.62. The van der Waals surface area contributed by atoms with Crippen LogP contribution in [0, 0.1) is 20.2 Å². The summed E-state index contributed by atoms with van der Waals surface area (Å²) in [5.41, 5.74) is 0.648. The minimum absolute atomic E-state index is 0.149. The molecule has 2 aromatic carbocycles. The molecule has 0 bridgehead atoms. The molecular formula is C19H18N4O7. The fraction of sp³-hybridized carbons (Fsp3) is 0.263. The molecule has 11 heteroatoms. The monoisotopic (exact) mass is 414 g/mol. The van der Waals surface area contributed by atoms with Crippen molar-refractivity contribution in [1.29, 1.82) is 0 Å². The first kappa shape index (κ1) is 20.7. The largest absolute Gasteiger partial charge is 0.493 e. The van der Waals surface area contributed by atoms with Crippen LogP contribution in [-0.2, 0) is 11.3 Å². The highest BCUT2D eigenvalue weighted by Gasteiger charge is 2.26. The second-order valence-electron chi connectivity index (χ2n) is 6.40. The molecule has 0 atom stereocenters. The van der Waals surface area contributed by atoms with Gasteiger partial charge in [0.1, 0.15) is 0 Å². The van der Waals surface area contributed by atoms with Crippen molar-refractivity contribution < 1.29 is 24.1 Å². The number of hydrogen-bond donors (Lipinski definition) is 0. The van der Waals surface area contributed by atoms with Crippen LogP contribution in [0.2, 0.25) is 0 Å². The van der Waals surface area contributed by atoms with Crippen molar-refractivity contribution in [1.82, 2.24) is 5.01 Å². The summed E-state index contributed by atoms with van der Waals surface area (Å²) in [7, 11) is 3.03. The predicted molar refractivity (Wildman–Crippen MR) is 106 cm³/mol. The lowest BCUT2D eigenvalue weighted by Crippen LogP contribution is -2.31. The number of hydrazone groups is 1. The number of hydrogen-bond acceptors (Lipinski definition) is 8. The summed E-state index contributed by atoms with van der Waals surface area (Å²) in [6, 6.07) is 8.54. The Morgan fingerprint density at radius 3 is 2.37 bits per heavy atom. The molecule has 3 rings (SSSR count). The molecule has 1 aliphatic rings. The van der Waals surface area contributed by atoms with E-state index < -0.39 is 21.2 Å². The fourth-order valence-electron chi connectivity index (χ4n) is 3.08. The Morgan fingerprint density at radius 1 is 1.00 bits per heavy atom. The molecule has 0 radical (unpaired) electrons. The molecule has 11 nitrogen and oxygen atoms in total. The van der Waals surface area contributed by atoms with Crippen LogP contribution in [0.25, 0.3) is 0 Å². The molecule has 1 amide bonds. The van der Waals surface area contributed by atoms with Crippen LogP contribution < -0.4 is 9.47 Å². The number of carbonyl (C=O) groups is 1. The van der Waals surface area contributed by atoms with E-state index in [0.29, 0.717) is 23.6 Å². The SMILES string of the molecule is COc1ccc(C2=NN(Cc3ccc([N+](=O)[O-])cc3[N+](=O)[O-])C(=O)CC2)cc1OC. The van der Waals surface area contributed by atoms with Crippen LogP contribution in [0.4, 0.5) is 11.4 Å². The van der Waals surface area contributed by atoms with Gasteiger partial charge in [-0.05, 0) is 24.3 Å². The van der Waals surface area contributed by atoms with E-state index in [1.165, 1.54) is 20.3 Å². The number of methoxy groups -OCH3 is 2. The molecule has 0 unspecified atom stereocenters. The van der Waals surface area contributed by atoms with Gasteiger partial charge in [0.15, 0.2) is 11.5 Å². The number of nitro groups is 2. The number of non-ortho nitro benzene ring substituents is 1. The van der Waals surface area contributed by atoms with Crippen molar-refractivity contribution in [2.24, 2.45) is 5.10 Å². The summed E-state index contributed by atoms with van der Waals surface area (Å²) in [5.74, 6) is 0.756. The lowest BCUT2D eigenvalue weighted by molar-refractivity contribution is -0.394. The van der Waals surface area contributed by atoms with Gasteiger partial charge in [0.05, 0.1) is 48.0 Å². The normalized spacial score (nSPS) is 13.6. The second kappa shape index (κ2) is 8.55. The van der Waals surface area contributed by atoms with Crippen LogP contribution in [-0.4, -0.2) is 40.7 Å². The molecule has 1 heterocycles. The van der Waals surface area contributed by atoms with Gasteiger partial charge in [-0.2, -0.15) is 5.10 Å². The van der Waals surface area contributed by atoms with E-state index >= 15 is 0 Å². The second-order valence-corrected chi connectivity index (χ2v) is 6.40. The van der Waals surface area contributed by atoms with E-state index in [1.807, 2.05) is 0 Å². The topological polar surface area (TPSA) is 137 Å². The van der Waals surface area contributed by atoms with Gasteiger partial charge in [-0.25, -0.2) is 5.01 Å². The summed E-state index contributed by atoms with van der Waals surface area (Å²) in [5, 5.41) is 27.8. The quantitative estimate of drug-likeness (QED) is 0.501. The molecule has 2 aromatic rings. The fourth-order valence-corrected chi connectivity index (χ4v) is 3.08. The first-order valence-corrected chi connectivity index (χ1v) is 8.86. The Hall–Kier alpha value is -4.02. The van der Waals surface area contributed by atoms with E-state index in [4.69, 9.17) is 9.47 Å². The van der Waals surface area contributed by atoms with E-state index in [1.54, 1.807) is 18.2 Å². The van der Waals surface area contributed by atoms with Crippen molar-refractivity contribution in [3.63, 3.8) is 0 Å². The van der Waals surface area contributed by atoms with Crippen LogP contribution in [0.5, 0.6) is 11.5 Å². The Balaban J connectivity index is 1.94. The van der Waals surface area contributed by atoms with Gasteiger partial charge in [0.2, 0.25) is 5.91 Å². The number of amides is 1. The van der Waals surface area contributed by atoms with Gasteiger partial charge in [0.25, 0.3) is 11.4 Å². The summed E-state index contributed by atoms with van der Waals surface area (Å²) in [6.45, 7) is -0.177. The number of rotatable bonds is 7. The van der Waals surface area contributed by atoms with Crippen LogP contribution in [0.3, 0.4) is 0 Å². The van der Waals surface area contributed by atoms with Gasteiger partial charge in [-0.3, -0.25) is 25.0 Å². The molecule has 0 fully saturated rings. The highest BCUT2D eigenvalue weighted by Crippen LogP contribution is 2.30. The van der Waals surface area contributed by atoms with Crippen LogP contribution in [0.1, 0.15) is 24.0 Å². The third kappa shape index (κ3) is 4.19. The van der Waals surface area contributed by atoms with E-state index in [-0.39, 0.29) is 24.4 Å². The summed E-state index contributed by atoms with van der Waals surface area (Å²) in [6.07, 6.45) is 0.571. The predicted octanol–water partition coefficient (Wildman–Crippen LogP) is 3.05. The number of nitrogens with zero attached hydrogens (tertiary/aromatic N) is 4. The average Bonchev–Trinajstić information content (AvgIpc) is 2.74. The Morgan fingerprint density at radius 2 is 1.73 bits per heavy atom. The molecule has 0 saturated carbocycles. The standard InChI is InChI=1S/C19H18N4O7/c1-29-17-7-4-12(9-18(17)30-2)15-6-8-19(24)21(20-15)11-13-3-5-14(22(25)26)10-16(13)23(27)28/h3-5,7,9-10H,6,8,11H2,1-2H3. The van der Waals surface area contributed by atoms with Gasteiger partial charge in [-0.1, -0.05) is 0 Å². The van der Waals surface area contributed by atoms with Gasteiger partial charge < -0.3 is 9.47 Å². The summed E-state index contributed by atoms with van der Waals surface area (Å²) >= 11 is 0. The van der Waals surface area contributed by atoms with E-state index in [0.717, 1.165) is 22.7 Å². The van der Waals surface area contributed by atoms with Crippen molar-refractivity contribution in [3.05, 3.63) is 67.8 Å². The Labute approximate surface area is 170 Å². The first-order chi connectivity index (χ1) is 14.3.